The lowest BCUT2D eigenvalue weighted by atomic mass is 10.1. The van der Waals surface area contributed by atoms with Crippen LogP contribution in [0.4, 0.5) is 0 Å². The number of thioether (sulfide) groups is 1. The van der Waals surface area contributed by atoms with Crippen molar-refractivity contribution in [2.75, 3.05) is 31.2 Å². The molecule has 12 heteroatoms. The molecule has 0 bridgehead atoms. The van der Waals surface area contributed by atoms with Gasteiger partial charge in [-0.05, 0) is 0 Å². The highest BCUT2D eigenvalue weighted by atomic mass is 32.2. The summed E-state index contributed by atoms with van der Waals surface area (Å²) in [6.45, 7) is 2.25. The molecule has 0 aliphatic carbocycles. The molecule has 2 atom stereocenters. The predicted molar refractivity (Wildman–Crippen MR) is 99.3 cm³/mol. The zero-order valence-electron chi connectivity index (χ0n) is 14.8. The molecule has 0 spiro atoms. The summed E-state index contributed by atoms with van der Waals surface area (Å²) in [6.07, 6.45) is 0. The van der Waals surface area contributed by atoms with Gasteiger partial charge in [-0.2, -0.15) is 12.6 Å². The van der Waals surface area contributed by atoms with E-state index in [1.165, 1.54) is 13.8 Å². The van der Waals surface area contributed by atoms with Gasteiger partial charge in [0.1, 0.15) is 12.1 Å². The topological polar surface area (TPSA) is 148 Å². The van der Waals surface area contributed by atoms with Gasteiger partial charge in [-0.1, -0.05) is 0 Å². The molecule has 0 aliphatic rings. The van der Waals surface area contributed by atoms with Crippen LogP contribution in [0.15, 0.2) is 0 Å². The first kappa shape index (κ1) is 24.2. The lowest BCUT2D eigenvalue weighted by Crippen LogP contribution is -2.58. The minimum absolute atomic E-state index is 0.0871. The lowest BCUT2D eigenvalue weighted by molar-refractivity contribution is -0.153. The number of carbonyl (C=O) groups excluding carboxylic acids is 5. The van der Waals surface area contributed by atoms with Crippen LogP contribution in [0, 0.1) is 0 Å². The van der Waals surface area contributed by atoms with E-state index in [1.54, 1.807) is 0 Å². The fraction of sp³-hybridized carbons (Fsp3) is 0.643. The molecule has 0 aliphatic heterocycles. The first-order valence-corrected chi connectivity index (χ1v) is 9.28. The van der Waals surface area contributed by atoms with Crippen molar-refractivity contribution < 1.29 is 28.7 Å². The lowest BCUT2D eigenvalue weighted by Gasteiger charge is -2.30. The molecule has 0 aromatic heterocycles. The normalized spacial score (nSPS) is 12.5. The third kappa shape index (κ3) is 8.54. The number of carbonyl (C=O) groups is 5. The third-order valence-electron chi connectivity index (χ3n) is 3.08. The zero-order chi connectivity index (χ0) is 20.3. The smallest absolute Gasteiger partial charge is 0.329 e. The minimum Gasteiger partial charge on any atom is -0.467 e. The number of nitrogens with two attached hydrogens (primary N) is 1. The van der Waals surface area contributed by atoms with Crippen LogP contribution >= 0.6 is 24.4 Å². The first-order valence-electron chi connectivity index (χ1n) is 7.49. The van der Waals surface area contributed by atoms with Gasteiger partial charge in [0.05, 0.1) is 25.4 Å². The number of esters is 1. The number of rotatable bonds is 11. The molecular formula is C14H24N4O6S2. The molecule has 0 rings (SSSR count). The SMILES string of the molecule is COC(=O)[C@@H](CS)N(CNC(C)=O)C(=O)C(N)C(=O)CSCNC(C)=O. The van der Waals surface area contributed by atoms with Gasteiger partial charge < -0.3 is 26.0 Å². The van der Waals surface area contributed by atoms with Gasteiger partial charge in [0.2, 0.25) is 17.7 Å². The number of amides is 3. The molecule has 3 amide bonds. The maximum atomic E-state index is 12.6. The van der Waals surface area contributed by atoms with Crippen molar-refractivity contribution in [3.8, 4) is 0 Å². The van der Waals surface area contributed by atoms with Gasteiger partial charge in [0.15, 0.2) is 5.78 Å². The van der Waals surface area contributed by atoms with Gasteiger partial charge in [-0.15, -0.1) is 11.8 Å². The van der Waals surface area contributed by atoms with Crippen LogP contribution in [0.3, 0.4) is 0 Å². The molecule has 4 N–H and O–H groups in total. The van der Waals surface area contributed by atoms with Gasteiger partial charge in [-0.25, -0.2) is 4.79 Å². The van der Waals surface area contributed by atoms with Crippen molar-refractivity contribution in [2.45, 2.75) is 25.9 Å². The summed E-state index contributed by atoms with van der Waals surface area (Å²) < 4.78 is 4.62. The summed E-state index contributed by atoms with van der Waals surface area (Å²) in [5.74, 6) is -2.86. The van der Waals surface area contributed by atoms with Crippen LogP contribution < -0.4 is 16.4 Å². The Kier molecular flexibility index (Phi) is 11.7. The summed E-state index contributed by atoms with van der Waals surface area (Å²) in [7, 11) is 1.14. The van der Waals surface area contributed by atoms with E-state index in [2.05, 4.69) is 28.0 Å². The average molecular weight is 409 g/mol. The van der Waals surface area contributed by atoms with Gasteiger partial charge in [0, 0.05) is 19.6 Å². The Hall–Kier alpha value is -1.79. The fourth-order valence-corrected chi connectivity index (χ4v) is 2.82. The highest BCUT2D eigenvalue weighted by molar-refractivity contribution is 7.99. The molecule has 148 valence electrons. The standard InChI is InChI=1S/C14H24N4O6S2/c1-8(19)16-6-18(10(4-25)14(23)24-3)13(22)12(15)11(21)5-26-7-17-9(2)20/h10,12,25H,4-7,15H2,1-3H3,(H,16,19)(H,17,20)/t10-,12?/m1/s1. The summed E-state index contributed by atoms with van der Waals surface area (Å²) in [5.41, 5.74) is 5.71. The zero-order valence-corrected chi connectivity index (χ0v) is 16.5. The van der Waals surface area contributed by atoms with E-state index in [0.717, 1.165) is 23.8 Å². The molecule has 0 saturated heterocycles. The van der Waals surface area contributed by atoms with E-state index in [1.807, 2.05) is 0 Å². The van der Waals surface area contributed by atoms with E-state index < -0.39 is 35.7 Å². The Morgan fingerprint density at radius 1 is 1.15 bits per heavy atom. The van der Waals surface area contributed by atoms with Crippen LogP contribution in [0.2, 0.25) is 0 Å². The maximum Gasteiger partial charge on any atom is 0.329 e. The molecule has 1 unspecified atom stereocenters. The molecule has 26 heavy (non-hydrogen) atoms. The molecule has 0 saturated carbocycles. The second kappa shape index (κ2) is 12.5. The van der Waals surface area contributed by atoms with E-state index in [4.69, 9.17) is 5.73 Å². The van der Waals surface area contributed by atoms with Crippen LogP contribution in [0.25, 0.3) is 0 Å². The molecule has 0 heterocycles. The first-order chi connectivity index (χ1) is 12.1. The minimum atomic E-state index is -1.53. The summed E-state index contributed by atoms with van der Waals surface area (Å²) in [5, 5.41) is 4.88. The Morgan fingerprint density at radius 3 is 2.19 bits per heavy atom. The van der Waals surface area contributed by atoms with Crippen molar-refractivity contribution in [3.05, 3.63) is 0 Å². The number of methoxy groups -OCH3 is 1. The highest BCUT2D eigenvalue weighted by Gasteiger charge is 2.35. The van der Waals surface area contributed by atoms with Crippen LogP contribution in [-0.2, 0) is 28.7 Å². The van der Waals surface area contributed by atoms with Crippen LogP contribution in [-0.4, -0.2) is 77.6 Å². The Labute approximate surface area is 161 Å². The second-order valence-electron chi connectivity index (χ2n) is 5.09. The predicted octanol–water partition coefficient (Wildman–Crippen LogP) is -1.90. The summed E-state index contributed by atoms with van der Waals surface area (Å²) in [4.78, 5) is 59.4. The van der Waals surface area contributed by atoms with E-state index in [-0.39, 0.29) is 30.0 Å². The van der Waals surface area contributed by atoms with E-state index in [9.17, 15) is 24.0 Å². The molecule has 10 nitrogen and oxygen atoms in total. The number of hydrogen-bond acceptors (Lipinski definition) is 9. The van der Waals surface area contributed by atoms with E-state index in [0.29, 0.717) is 0 Å². The van der Waals surface area contributed by atoms with Crippen molar-refractivity contribution in [1.29, 1.82) is 0 Å². The fourth-order valence-electron chi connectivity index (χ4n) is 1.69. The molecule has 0 fully saturated rings. The monoisotopic (exact) mass is 408 g/mol. The Morgan fingerprint density at radius 2 is 1.73 bits per heavy atom. The maximum absolute atomic E-state index is 12.6. The molecule has 0 aromatic rings. The van der Waals surface area contributed by atoms with Gasteiger partial charge in [0.25, 0.3) is 0 Å². The van der Waals surface area contributed by atoms with E-state index >= 15 is 0 Å². The van der Waals surface area contributed by atoms with Gasteiger partial charge >= 0.3 is 5.97 Å². The number of nitrogens with one attached hydrogen (secondary N) is 2. The number of ether oxygens (including phenoxy) is 1. The average Bonchev–Trinajstić information content (AvgIpc) is 2.59. The van der Waals surface area contributed by atoms with Crippen molar-refractivity contribution in [2.24, 2.45) is 5.73 Å². The van der Waals surface area contributed by atoms with Gasteiger partial charge in [-0.3, -0.25) is 19.2 Å². The van der Waals surface area contributed by atoms with Crippen LogP contribution in [0.5, 0.6) is 0 Å². The molecule has 0 radical (unpaired) electrons. The third-order valence-corrected chi connectivity index (χ3v) is 4.27. The highest BCUT2D eigenvalue weighted by Crippen LogP contribution is 2.08. The van der Waals surface area contributed by atoms with Crippen molar-refractivity contribution in [3.63, 3.8) is 0 Å². The number of thiol groups is 1. The number of ketones is 1. The van der Waals surface area contributed by atoms with Crippen molar-refractivity contribution in [1.82, 2.24) is 15.5 Å². The van der Waals surface area contributed by atoms with Crippen molar-refractivity contribution >= 4 is 53.9 Å². The Balaban J connectivity index is 5.06. The summed E-state index contributed by atoms with van der Waals surface area (Å²) in [6, 6.07) is -2.64. The number of nitrogens with zero attached hydrogens (tertiary/aromatic N) is 1. The largest absolute Gasteiger partial charge is 0.467 e. The van der Waals surface area contributed by atoms with Crippen LogP contribution in [0.1, 0.15) is 13.8 Å². The quantitative estimate of drug-likeness (QED) is 0.102. The number of hydrogen-bond donors (Lipinski definition) is 4. The summed E-state index contributed by atoms with van der Waals surface area (Å²) >= 11 is 5.10. The Bertz CT molecular complexity index is 546. The molecule has 0 aromatic carbocycles. The second-order valence-corrected chi connectivity index (χ2v) is 6.44. The molecular weight excluding hydrogens is 384 g/mol. The number of Topliss-reactive ketones (excluding diaryl/α,β-unsaturated/α-hetero) is 1.